The molecule has 2 heterocycles. The highest BCUT2D eigenvalue weighted by Gasteiger charge is 2.25. The second-order valence-electron chi connectivity index (χ2n) is 5.39. The van der Waals surface area contributed by atoms with Crippen LogP contribution in [0.5, 0.6) is 0 Å². The molecule has 0 aliphatic carbocycles. The molecular weight excluding hydrogens is 320 g/mol. The molecule has 1 aromatic rings. The Balaban J connectivity index is 1.96. The van der Waals surface area contributed by atoms with E-state index in [1.165, 1.54) is 12.7 Å². The number of pyridine rings is 1. The molecule has 0 bridgehead atoms. The van der Waals surface area contributed by atoms with E-state index in [0.717, 1.165) is 48.3 Å². The summed E-state index contributed by atoms with van der Waals surface area (Å²) in [6.45, 7) is 6.81. The van der Waals surface area contributed by atoms with E-state index in [1.807, 2.05) is 6.92 Å². The fraction of sp³-hybridized carbons (Fsp3) is 0.600. The van der Waals surface area contributed by atoms with Crippen LogP contribution in [0.3, 0.4) is 0 Å². The molecular formula is C15H21BrN2O2. The molecule has 5 heteroatoms. The first-order valence-corrected chi connectivity index (χ1v) is 7.73. The minimum atomic E-state index is -0.0709. The Labute approximate surface area is 128 Å². The van der Waals surface area contributed by atoms with E-state index in [2.05, 4.69) is 38.8 Å². The zero-order chi connectivity index (χ0) is 14.7. The lowest BCUT2D eigenvalue weighted by Gasteiger charge is -2.30. The lowest BCUT2D eigenvalue weighted by Crippen LogP contribution is -2.36. The molecule has 20 heavy (non-hydrogen) atoms. The third kappa shape index (κ3) is 3.58. The minimum absolute atomic E-state index is 0.0666. The normalized spacial score (nSPS) is 17.2. The van der Waals surface area contributed by atoms with Crippen LogP contribution in [-0.4, -0.2) is 36.1 Å². The largest absolute Gasteiger partial charge is 0.469 e. The quantitative estimate of drug-likeness (QED) is 0.793. The summed E-state index contributed by atoms with van der Waals surface area (Å²) in [6.07, 6.45) is 1.75. The van der Waals surface area contributed by atoms with Gasteiger partial charge in [0, 0.05) is 11.0 Å². The molecule has 0 radical (unpaired) electrons. The van der Waals surface area contributed by atoms with Crippen molar-refractivity contribution in [3.63, 3.8) is 0 Å². The molecule has 0 unspecified atom stereocenters. The molecule has 1 fully saturated rings. The van der Waals surface area contributed by atoms with Crippen molar-refractivity contribution < 1.29 is 9.53 Å². The Morgan fingerprint density at radius 2 is 2.10 bits per heavy atom. The number of aromatic nitrogens is 1. The number of halogens is 1. The maximum Gasteiger partial charge on any atom is 0.308 e. The number of methoxy groups -OCH3 is 1. The van der Waals surface area contributed by atoms with Gasteiger partial charge in [-0.15, -0.1) is 0 Å². The van der Waals surface area contributed by atoms with Gasteiger partial charge in [-0.05, 0) is 67.3 Å². The van der Waals surface area contributed by atoms with Gasteiger partial charge < -0.3 is 4.74 Å². The Bertz CT molecular complexity index is 497. The fourth-order valence-corrected chi connectivity index (χ4v) is 3.02. The Morgan fingerprint density at radius 1 is 1.45 bits per heavy atom. The van der Waals surface area contributed by atoms with Gasteiger partial charge in [-0.3, -0.25) is 14.7 Å². The second kappa shape index (κ2) is 6.68. The van der Waals surface area contributed by atoms with Crippen LogP contribution in [-0.2, 0) is 16.1 Å². The second-order valence-corrected chi connectivity index (χ2v) is 6.25. The predicted octanol–water partition coefficient (Wildman–Crippen LogP) is 2.85. The number of ether oxygens (including phenoxy) is 1. The summed E-state index contributed by atoms with van der Waals surface area (Å²) in [7, 11) is 1.46. The number of esters is 1. The van der Waals surface area contributed by atoms with E-state index >= 15 is 0 Å². The van der Waals surface area contributed by atoms with Gasteiger partial charge in [0.2, 0.25) is 0 Å². The van der Waals surface area contributed by atoms with Crippen molar-refractivity contribution in [3.05, 3.63) is 27.5 Å². The summed E-state index contributed by atoms with van der Waals surface area (Å²) < 4.78 is 5.87. The van der Waals surface area contributed by atoms with Gasteiger partial charge >= 0.3 is 5.97 Å². The van der Waals surface area contributed by atoms with Crippen molar-refractivity contribution >= 4 is 21.9 Å². The summed E-state index contributed by atoms with van der Waals surface area (Å²) >= 11 is 3.51. The van der Waals surface area contributed by atoms with E-state index in [4.69, 9.17) is 4.74 Å². The van der Waals surface area contributed by atoms with E-state index in [-0.39, 0.29) is 11.9 Å². The molecule has 0 amide bonds. The molecule has 2 rings (SSSR count). The first-order valence-electron chi connectivity index (χ1n) is 6.94. The number of carbonyl (C=O) groups excluding carboxylic acids is 1. The van der Waals surface area contributed by atoms with Crippen LogP contribution in [0.15, 0.2) is 10.5 Å². The van der Waals surface area contributed by atoms with Crippen molar-refractivity contribution in [1.82, 2.24) is 9.88 Å². The van der Waals surface area contributed by atoms with Gasteiger partial charge in [0.15, 0.2) is 0 Å². The molecule has 0 N–H and O–H groups in total. The highest BCUT2D eigenvalue weighted by molar-refractivity contribution is 9.10. The highest BCUT2D eigenvalue weighted by Crippen LogP contribution is 2.22. The van der Waals surface area contributed by atoms with E-state index in [9.17, 15) is 4.79 Å². The molecule has 110 valence electrons. The third-order valence-electron chi connectivity index (χ3n) is 3.94. The van der Waals surface area contributed by atoms with E-state index in [0.29, 0.717) is 0 Å². The molecule has 0 atom stereocenters. The Morgan fingerprint density at radius 3 is 2.70 bits per heavy atom. The van der Waals surface area contributed by atoms with Gasteiger partial charge in [-0.1, -0.05) is 0 Å². The van der Waals surface area contributed by atoms with Crippen LogP contribution in [0.4, 0.5) is 0 Å². The Hall–Kier alpha value is -0.940. The van der Waals surface area contributed by atoms with Crippen LogP contribution in [0.25, 0.3) is 0 Å². The number of hydrogen-bond acceptors (Lipinski definition) is 4. The van der Waals surface area contributed by atoms with E-state index in [1.54, 1.807) is 0 Å². The number of aryl methyl sites for hydroxylation is 2. The minimum Gasteiger partial charge on any atom is -0.469 e. The molecule has 1 aromatic heterocycles. The third-order valence-corrected chi connectivity index (χ3v) is 4.74. The topological polar surface area (TPSA) is 42.4 Å². The van der Waals surface area contributed by atoms with Crippen molar-refractivity contribution in [2.75, 3.05) is 20.2 Å². The van der Waals surface area contributed by atoms with Crippen molar-refractivity contribution in [2.45, 2.75) is 33.2 Å². The smallest absolute Gasteiger partial charge is 0.308 e. The maximum absolute atomic E-state index is 11.5. The summed E-state index contributed by atoms with van der Waals surface area (Å²) in [5.74, 6) is -0.00426. The van der Waals surface area contributed by atoms with Gasteiger partial charge in [0.05, 0.1) is 24.4 Å². The summed E-state index contributed by atoms with van der Waals surface area (Å²) in [5.41, 5.74) is 3.36. The highest BCUT2D eigenvalue weighted by atomic mass is 79.9. The maximum atomic E-state index is 11.5. The van der Waals surface area contributed by atoms with Gasteiger partial charge in [-0.2, -0.15) is 0 Å². The first kappa shape index (κ1) is 15.4. The van der Waals surface area contributed by atoms with Crippen LogP contribution >= 0.6 is 15.9 Å². The number of carbonyl (C=O) groups is 1. The zero-order valence-electron chi connectivity index (χ0n) is 12.3. The van der Waals surface area contributed by atoms with Crippen molar-refractivity contribution in [1.29, 1.82) is 0 Å². The van der Waals surface area contributed by atoms with Crippen molar-refractivity contribution in [2.24, 2.45) is 5.92 Å². The average Bonchev–Trinajstić information content (AvgIpc) is 2.44. The van der Waals surface area contributed by atoms with Crippen LogP contribution < -0.4 is 0 Å². The SMILES string of the molecule is COC(=O)C1CCN(Cc2nc(C)c(Br)cc2C)CC1. The number of nitrogens with zero attached hydrogens (tertiary/aromatic N) is 2. The van der Waals surface area contributed by atoms with Gasteiger partial charge in [-0.25, -0.2) is 0 Å². The summed E-state index contributed by atoms with van der Waals surface area (Å²) in [5, 5.41) is 0. The average molecular weight is 341 g/mol. The van der Waals surface area contributed by atoms with Gasteiger partial charge in [0.25, 0.3) is 0 Å². The lowest BCUT2D eigenvalue weighted by molar-refractivity contribution is -0.147. The predicted molar refractivity (Wildman–Crippen MR) is 81.4 cm³/mol. The molecule has 1 aliphatic heterocycles. The molecule has 0 aromatic carbocycles. The van der Waals surface area contributed by atoms with Crippen LogP contribution in [0.1, 0.15) is 29.8 Å². The monoisotopic (exact) mass is 340 g/mol. The fourth-order valence-electron chi connectivity index (χ4n) is 2.59. The van der Waals surface area contributed by atoms with Crippen molar-refractivity contribution in [3.8, 4) is 0 Å². The number of likely N-dealkylation sites (tertiary alicyclic amines) is 1. The molecule has 0 spiro atoms. The number of piperidine rings is 1. The molecule has 1 saturated heterocycles. The van der Waals surface area contributed by atoms with Gasteiger partial charge in [0.1, 0.15) is 0 Å². The number of hydrogen-bond donors (Lipinski definition) is 0. The lowest BCUT2D eigenvalue weighted by atomic mass is 9.97. The summed E-state index contributed by atoms with van der Waals surface area (Å²) in [6, 6.07) is 2.12. The number of rotatable bonds is 3. The first-order chi connectivity index (χ1) is 9.51. The van der Waals surface area contributed by atoms with Crippen LogP contribution in [0, 0.1) is 19.8 Å². The standard InChI is InChI=1S/C15H21BrN2O2/c1-10-8-13(16)11(2)17-14(10)9-18-6-4-12(5-7-18)15(19)20-3/h8,12H,4-7,9H2,1-3H3. The van der Waals surface area contributed by atoms with E-state index < -0.39 is 0 Å². The molecule has 4 nitrogen and oxygen atoms in total. The Kier molecular flexibility index (Phi) is 5.16. The zero-order valence-corrected chi connectivity index (χ0v) is 13.9. The van der Waals surface area contributed by atoms with Crippen LogP contribution in [0.2, 0.25) is 0 Å². The summed E-state index contributed by atoms with van der Waals surface area (Å²) in [4.78, 5) is 18.5. The molecule has 0 saturated carbocycles. The molecule has 1 aliphatic rings.